The molecule has 1 saturated heterocycles. The molecule has 0 aliphatic carbocycles. The molecule has 1 fully saturated rings. The number of benzene rings is 1. The van der Waals surface area contributed by atoms with Crippen molar-refractivity contribution in [2.24, 2.45) is 0 Å². The maximum atomic E-state index is 5.58. The molecule has 0 aromatic heterocycles. The van der Waals surface area contributed by atoms with Crippen LogP contribution in [-0.2, 0) is 25.6 Å². The number of hydrogen-bond donors (Lipinski definition) is 0. The lowest BCUT2D eigenvalue weighted by Gasteiger charge is -2.22. The first kappa shape index (κ1) is 16.9. The molecule has 0 unspecified atom stereocenters. The van der Waals surface area contributed by atoms with E-state index >= 15 is 0 Å². The third-order valence-corrected chi connectivity index (χ3v) is 4.03. The van der Waals surface area contributed by atoms with Gasteiger partial charge in [0.1, 0.15) is 0 Å². The van der Waals surface area contributed by atoms with Crippen molar-refractivity contribution in [2.45, 2.75) is 32.2 Å². The van der Waals surface area contributed by atoms with Crippen LogP contribution >= 0.6 is 15.9 Å². The van der Waals surface area contributed by atoms with Gasteiger partial charge in [-0.05, 0) is 30.9 Å². The van der Waals surface area contributed by atoms with Gasteiger partial charge in [0.05, 0.1) is 33.0 Å². The molecule has 0 radical (unpaired) electrons. The van der Waals surface area contributed by atoms with Crippen LogP contribution in [0.5, 0.6) is 0 Å². The van der Waals surface area contributed by atoms with Crippen LogP contribution in [0.3, 0.4) is 0 Å². The van der Waals surface area contributed by atoms with Gasteiger partial charge in [0.15, 0.2) is 6.29 Å². The van der Waals surface area contributed by atoms with Crippen LogP contribution < -0.4 is 0 Å². The molecule has 1 aliphatic rings. The number of hydrogen-bond acceptors (Lipinski definition) is 4. The van der Waals surface area contributed by atoms with Crippen molar-refractivity contribution in [3.63, 3.8) is 0 Å². The fourth-order valence-electron chi connectivity index (χ4n) is 2.10. The van der Waals surface area contributed by atoms with Gasteiger partial charge < -0.3 is 18.9 Å². The van der Waals surface area contributed by atoms with E-state index in [0.29, 0.717) is 33.0 Å². The highest BCUT2D eigenvalue weighted by Gasteiger charge is 2.13. The molecule has 1 heterocycles. The molecule has 5 heteroatoms. The highest BCUT2D eigenvalue weighted by molar-refractivity contribution is 9.10. The van der Waals surface area contributed by atoms with E-state index in [9.17, 15) is 0 Å². The molecule has 0 saturated carbocycles. The molecule has 1 aromatic rings. The van der Waals surface area contributed by atoms with Crippen LogP contribution in [0.25, 0.3) is 0 Å². The van der Waals surface area contributed by atoms with Crippen molar-refractivity contribution in [1.82, 2.24) is 0 Å². The van der Waals surface area contributed by atoms with E-state index < -0.39 is 0 Å². The van der Waals surface area contributed by atoms with Gasteiger partial charge in [-0.25, -0.2) is 0 Å². The van der Waals surface area contributed by atoms with E-state index in [-0.39, 0.29) is 6.29 Å². The summed E-state index contributed by atoms with van der Waals surface area (Å²) in [5, 5.41) is 0. The van der Waals surface area contributed by atoms with Crippen molar-refractivity contribution in [3.8, 4) is 0 Å². The maximum Gasteiger partial charge on any atom is 0.157 e. The van der Waals surface area contributed by atoms with E-state index in [1.165, 1.54) is 6.42 Å². The lowest BCUT2D eigenvalue weighted by Crippen LogP contribution is -2.24. The van der Waals surface area contributed by atoms with Gasteiger partial charge in [0.2, 0.25) is 0 Å². The maximum absolute atomic E-state index is 5.58. The monoisotopic (exact) mass is 358 g/mol. The Morgan fingerprint density at radius 2 is 1.86 bits per heavy atom. The minimum absolute atomic E-state index is 0.0333. The molecule has 1 aliphatic heterocycles. The normalized spacial score (nSPS) is 18.8. The highest BCUT2D eigenvalue weighted by Crippen LogP contribution is 2.16. The number of rotatable bonds is 9. The molecule has 21 heavy (non-hydrogen) atoms. The average Bonchev–Trinajstić information content (AvgIpc) is 2.52. The standard InChI is InChI=1S/C16H23BrO4/c17-15-6-2-1-5-14(15)13-19-10-9-18-11-12-21-16-7-3-4-8-20-16/h1-2,5-6,16H,3-4,7-13H2/t16-/m1/s1. The Labute approximate surface area is 134 Å². The first-order chi connectivity index (χ1) is 10.4. The molecule has 0 bridgehead atoms. The molecule has 118 valence electrons. The van der Waals surface area contributed by atoms with Crippen LogP contribution in [0, 0.1) is 0 Å². The number of ether oxygens (including phenoxy) is 4. The summed E-state index contributed by atoms with van der Waals surface area (Å²) in [6.07, 6.45) is 3.29. The molecular formula is C16H23BrO4. The molecule has 0 amide bonds. The van der Waals surface area contributed by atoms with E-state index in [1.54, 1.807) is 0 Å². The van der Waals surface area contributed by atoms with Gasteiger partial charge in [-0.1, -0.05) is 34.1 Å². The summed E-state index contributed by atoms with van der Waals surface area (Å²) < 4.78 is 23.2. The molecule has 1 atom stereocenters. The second-order valence-electron chi connectivity index (χ2n) is 4.92. The third-order valence-electron chi connectivity index (χ3n) is 3.26. The quantitative estimate of drug-likeness (QED) is 0.632. The summed E-state index contributed by atoms with van der Waals surface area (Å²) in [5.74, 6) is 0. The molecule has 2 rings (SSSR count). The number of halogens is 1. The van der Waals surface area contributed by atoms with E-state index in [1.807, 2.05) is 24.3 Å². The first-order valence-electron chi connectivity index (χ1n) is 7.48. The predicted molar refractivity (Wildman–Crippen MR) is 84.2 cm³/mol. The molecule has 1 aromatic carbocycles. The Morgan fingerprint density at radius 1 is 1.05 bits per heavy atom. The fraction of sp³-hybridized carbons (Fsp3) is 0.625. The van der Waals surface area contributed by atoms with Crippen molar-refractivity contribution in [2.75, 3.05) is 33.0 Å². The van der Waals surface area contributed by atoms with Crippen LogP contribution in [0.2, 0.25) is 0 Å². The summed E-state index contributed by atoms with van der Waals surface area (Å²) >= 11 is 3.50. The van der Waals surface area contributed by atoms with Gasteiger partial charge in [-0.3, -0.25) is 0 Å². The van der Waals surface area contributed by atoms with E-state index in [4.69, 9.17) is 18.9 Å². The fourth-order valence-corrected chi connectivity index (χ4v) is 2.50. The molecule has 0 N–H and O–H groups in total. The topological polar surface area (TPSA) is 36.9 Å². The van der Waals surface area contributed by atoms with Crippen LogP contribution in [0.15, 0.2) is 28.7 Å². The Morgan fingerprint density at radius 3 is 2.67 bits per heavy atom. The Bertz CT molecular complexity index is 394. The summed E-state index contributed by atoms with van der Waals surface area (Å²) in [5.41, 5.74) is 1.15. The molecule has 0 spiro atoms. The smallest absolute Gasteiger partial charge is 0.157 e. The van der Waals surface area contributed by atoms with Crippen LogP contribution in [0.1, 0.15) is 24.8 Å². The van der Waals surface area contributed by atoms with Crippen LogP contribution in [0.4, 0.5) is 0 Å². The minimum Gasteiger partial charge on any atom is -0.377 e. The van der Waals surface area contributed by atoms with Crippen molar-refractivity contribution in [3.05, 3.63) is 34.3 Å². The highest BCUT2D eigenvalue weighted by atomic mass is 79.9. The van der Waals surface area contributed by atoms with Gasteiger partial charge in [0, 0.05) is 11.1 Å². The summed E-state index contributed by atoms with van der Waals surface area (Å²) in [4.78, 5) is 0. The SMILES string of the molecule is Brc1ccccc1COCCOCCO[C@@H]1CCCCO1. The van der Waals surface area contributed by atoms with Gasteiger partial charge >= 0.3 is 0 Å². The third kappa shape index (κ3) is 6.89. The Hall–Kier alpha value is -0.460. The van der Waals surface area contributed by atoms with E-state index in [0.717, 1.165) is 29.5 Å². The van der Waals surface area contributed by atoms with Crippen molar-refractivity contribution in [1.29, 1.82) is 0 Å². The Balaban J connectivity index is 1.42. The zero-order chi connectivity index (χ0) is 14.8. The van der Waals surface area contributed by atoms with Crippen molar-refractivity contribution >= 4 is 15.9 Å². The van der Waals surface area contributed by atoms with Gasteiger partial charge in [0.25, 0.3) is 0 Å². The van der Waals surface area contributed by atoms with Crippen molar-refractivity contribution < 1.29 is 18.9 Å². The molecule has 4 nitrogen and oxygen atoms in total. The van der Waals surface area contributed by atoms with Gasteiger partial charge in [-0.15, -0.1) is 0 Å². The Kier molecular flexibility index (Phi) is 8.29. The average molecular weight is 359 g/mol. The zero-order valence-corrected chi connectivity index (χ0v) is 13.8. The lowest BCUT2D eigenvalue weighted by molar-refractivity contribution is -0.169. The minimum atomic E-state index is -0.0333. The molecular weight excluding hydrogens is 336 g/mol. The second kappa shape index (κ2) is 10.3. The summed E-state index contributed by atoms with van der Waals surface area (Å²) in [6, 6.07) is 8.06. The summed E-state index contributed by atoms with van der Waals surface area (Å²) in [6.45, 7) is 3.74. The predicted octanol–water partition coefficient (Wildman–Crippen LogP) is 3.53. The zero-order valence-electron chi connectivity index (χ0n) is 12.3. The second-order valence-corrected chi connectivity index (χ2v) is 5.78. The van der Waals surface area contributed by atoms with Gasteiger partial charge in [-0.2, -0.15) is 0 Å². The largest absolute Gasteiger partial charge is 0.377 e. The van der Waals surface area contributed by atoms with E-state index in [2.05, 4.69) is 15.9 Å². The first-order valence-corrected chi connectivity index (χ1v) is 8.27. The summed E-state index contributed by atoms with van der Waals surface area (Å²) in [7, 11) is 0. The lowest BCUT2D eigenvalue weighted by atomic mass is 10.2. The van der Waals surface area contributed by atoms with Crippen LogP contribution in [-0.4, -0.2) is 39.3 Å².